The lowest BCUT2D eigenvalue weighted by molar-refractivity contribution is 0.754. The summed E-state index contributed by atoms with van der Waals surface area (Å²) in [5.41, 5.74) is 1.82. The zero-order valence-electron chi connectivity index (χ0n) is 11.6. The van der Waals surface area contributed by atoms with Crippen LogP contribution >= 0.6 is 0 Å². The maximum atomic E-state index is 4.17. The van der Waals surface area contributed by atoms with E-state index >= 15 is 0 Å². The molecule has 0 unspecified atom stereocenters. The van der Waals surface area contributed by atoms with Gasteiger partial charge >= 0.3 is 0 Å². The van der Waals surface area contributed by atoms with E-state index in [0.29, 0.717) is 19.0 Å². The van der Waals surface area contributed by atoms with E-state index in [9.17, 15) is 0 Å². The first-order chi connectivity index (χ1) is 10.4. The predicted molar refractivity (Wildman–Crippen MR) is 78.6 cm³/mol. The van der Waals surface area contributed by atoms with Gasteiger partial charge in [-0.1, -0.05) is 6.07 Å². The summed E-state index contributed by atoms with van der Waals surface area (Å²) in [6.45, 7) is 1.16. The van der Waals surface area contributed by atoms with Gasteiger partial charge in [0.2, 0.25) is 0 Å². The number of guanidine groups is 1. The summed E-state index contributed by atoms with van der Waals surface area (Å²) < 4.78 is 1.94. The van der Waals surface area contributed by atoms with E-state index in [-0.39, 0.29) is 0 Å². The quantitative estimate of drug-likeness (QED) is 0.473. The van der Waals surface area contributed by atoms with E-state index in [4.69, 9.17) is 0 Å². The number of H-pyrrole nitrogens is 1. The Morgan fingerprint density at radius 3 is 2.95 bits per heavy atom. The molecule has 0 bridgehead atoms. The third-order valence-corrected chi connectivity index (χ3v) is 3.03. The first kappa shape index (κ1) is 13.1. The number of aromatic nitrogens is 5. The lowest BCUT2D eigenvalue weighted by atomic mass is 10.4. The molecule has 108 valence electrons. The molecule has 0 atom stereocenters. The van der Waals surface area contributed by atoms with Crippen LogP contribution in [-0.4, -0.2) is 37.8 Å². The number of aromatic amines is 1. The molecular formula is C13H16N8. The largest absolute Gasteiger partial charge is 0.351 e. The molecule has 21 heavy (non-hydrogen) atoms. The smallest absolute Gasteiger partial charge is 0.191 e. The third kappa shape index (κ3) is 2.99. The monoisotopic (exact) mass is 284 g/mol. The summed E-state index contributed by atoms with van der Waals surface area (Å²) in [4.78, 5) is 4.17. The number of aliphatic imine (C=N–C) groups is 1. The number of hydrogen-bond donors (Lipinski definition) is 3. The van der Waals surface area contributed by atoms with Crippen LogP contribution in [0, 0.1) is 0 Å². The molecule has 0 aliphatic heterocycles. The number of fused-ring (bicyclic) bond motifs is 1. The Labute approximate surface area is 121 Å². The summed E-state index contributed by atoms with van der Waals surface area (Å²) >= 11 is 0. The van der Waals surface area contributed by atoms with Crippen LogP contribution in [0.3, 0.4) is 0 Å². The first-order valence-corrected chi connectivity index (χ1v) is 6.58. The fourth-order valence-corrected chi connectivity index (χ4v) is 1.96. The van der Waals surface area contributed by atoms with Crippen molar-refractivity contribution in [2.45, 2.75) is 13.1 Å². The van der Waals surface area contributed by atoms with Crippen LogP contribution in [0.25, 0.3) is 5.65 Å². The van der Waals surface area contributed by atoms with Crippen LogP contribution in [0.4, 0.5) is 0 Å². The van der Waals surface area contributed by atoms with Crippen molar-refractivity contribution >= 4 is 11.6 Å². The molecule has 3 aromatic heterocycles. The Kier molecular flexibility index (Phi) is 3.77. The van der Waals surface area contributed by atoms with Gasteiger partial charge in [-0.05, 0) is 18.2 Å². The average molecular weight is 284 g/mol. The molecule has 8 nitrogen and oxygen atoms in total. The van der Waals surface area contributed by atoms with Crippen LogP contribution in [0.2, 0.25) is 0 Å². The molecule has 8 heteroatoms. The topological polar surface area (TPSA) is 95.3 Å². The van der Waals surface area contributed by atoms with Crippen molar-refractivity contribution in [1.82, 2.24) is 35.4 Å². The molecule has 0 spiro atoms. The maximum absolute atomic E-state index is 4.17. The summed E-state index contributed by atoms with van der Waals surface area (Å²) in [6.07, 6.45) is 3.66. The fraction of sp³-hybridized carbons (Fsp3) is 0.231. The second-order valence-electron chi connectivity index (χ2n) is 4.41. The van der Waals surface area contributed by atoms with E-state index in [1.54, 1.807) is 13.2 Å². The third-order valence-electron chi connectivity index (χ3n) is 3.03. The van der Waals surface area contributed by atoms with Crippen LogP contribution in [0.15, 0.2) is 41.7 Å². The van der Waals surface area contributed by atoms with Gasteiger partial charge in [0.1, 0.15) is 0 Å². The van der Waals surface area contributed by atoms with Gasteiger partial charge in [-0.2, -0.15) is 5.10 Å². The minimum absolute atomic E-state index is 0.536. The van der Waals surface area contributed by atoms with Crippen molar-refractivity contribution in [3.05, 3.63) is 48.2 Å². The minimum Gasteiger partial charge on any atom is -0.351 e. The van der Waals surface area contributed by atoms with Gasteiger partial charge in [0.15, 0.2) is 17.4 Å². The number of rotatable bonds is 4. The predicted octanol–water partition coefficient (Wildman–Crippen LogP) is 0.318. The molecule has 0 amide bonds. The zero-order chi connectivity index (χ0) is 14.5. The Balaban J connectivity index is 1.60. The van der Waals surface area contributed by atoms with Crippen molar-refractivity contribution in [3.63, 3.8) is 0 Å². The highest BCUT2D eigenvalue weighted by atomic mass is 15.3. The number of nitrogens with one attached hydrogen (secondary N) is 3. The second kappa shape index (κ2) is 6.04. The average Bonchev–Trinajstić information content (AvgIpc) is 3.17. The second-order valence-corrected chi connectivity index (χ2v) is 4.41. The minimum atomic E-state index is 0.536. The van der Waals surface area contributed by atoms with E-state index < -0.39 is 0 Å². The van der Waals surface area contributed by atoms with Crippen LogP contribution < -0.4 is 10.6 Å². The molecule has 0 saturated heterocycles. The van der Waals surface area contributed by atoms with Crippen LogP contribution in [0.1, 0.15) is 11.5 Å². The molecule has 3 heterocycles. The lowest BCUT2D eigenvalue weighted by Gasteiger charge is -2.10. The normalized spacial score (nSPS) is 11.8. The van der Waals surface area contributed by atoms with E-state index in [1.807, 2.05) is 34.9 Å². The lowest BCUT2D eigenvalue weighted by Crippen LogP contribution is -2.36. The highest BCUT2D eigenvalue weighted by Crippen LogP contribution is 2.02. The highest BCUT2D eigenvalue weighted by Gasteiger charge is 2.05. The molecular weight excluding hydrogens is 268 g/mol. The van der Waals surface area contributed by atoms with E-state index in [2.05, 4.69) is 36.0 Å². The molecule has 3 N–H and O–H groups in total. The fourth-order valence-electron chi connectivity index (χ4n) is 1.96. The highest BCUT2D eigenvalue weighted by molar-refractivity contribution is 5.79. The van der Waals surface area contributed by atoms with Gasteiger partial charge in [-0.3, -0.25) is 14.5 Å². The van der Waals surface area contributed by atoms with Crippen molar-refractivity contribution in [3.8, 4) is 0 Å². The molecule has 0 aliphatic rings. The maximum Gasteiger partial charge on any atom is 0.191 e. The molecule has 3 aromatic rings. The van der Waals surface area contributed by atoms with Gasteiger partial charge in [0, 0.05) is 19.4 Å². The zero-order valence-corrected chi connectivity index (χ0v) is 11.6. The van der Waals surface area contributed by atoms with Crippen molar-refractivity contribution in [2.24, 2.45) is 4.99 Å². The van der Waals surface area contributed by atoms with Gasteiger partial charge < -0.3 is 10.6 Å². The standard InChI is InChI=1S/C13H16N8/c1-14-13(15-8-10-5-6-17-18-10)16-9-12-20-19-11-4-2-3-7-21(11)12/h2-7H,8-9H2,1H3,(H,17,18)(H2,14,15,16). The molecule has 0 fully saturated rings. The Hall–Kier alpha value is -2.90. The molecule has 0 aromatic carbocycles. The molecule has 0 saturated carbocycles. The van der Waals surface area contributed by atoms with Crippen molar-refractivity contribution in [2.75, 3.05) is 7.05 Å². The van der Waals surface area contributed by atoms with Crippen LogP contribution in [0.5, 0.6) is 0 Å². The SMILES string of the molecule is CN=C(NCc1ccn[nH]1)NCc1nnc2ccccn12. The molecule has 3 rings (SSSR count). The molecule has 0 radical (unpaired) electrons. The Morgan fingerprint density at radius 2 is 2.14 bits per heavy atom. The number of hydrogen-bond acceptors (Lipinski definition) is 4. The van der Waals surface area contributed by atoms with Gasteiger partial charge in [0.25, 0.3) is 0 Å². The van der Waals surface area contributed by atoms with Gasteiger partial charge in [0.05, 0.1) is 18.8 Å². The van der Waals surface area contributed by atoms with E-state index in [0.717, 1.165) is 17.2 Å². The summed E-state index contributed by atoms with van der Waals surface area (Å²) in [7, 11) is 1.73. The first-order valence-electron chi connectivity index (χ1n) is 6.58. The number of nitrogens with zero attached hydrogens (tertiary/aromatic N) is 5. The van der Waals surface area contributed by atoms with Gasteiger partial charge in [-0.25, -0.2) is 0 Å². The number of pyridine rings is 1. The molecule has 0 aliphatic carbocycles. The van der Waals surface area contributed by atoms with Crippen molar-refractivity contribution < 1.29 is 0 Å². The summed E-state index contributed by atoms with van der Waals surface area (Å²) in [5, 5.41) is 21.5. The van der Waals surface area contributed by atoms with Crippen LogP contribution in [-0.2, 0) is 13.1 Å². The van der Waals surface area contributed by atoms with Gasteiger partial charge in [-0.15, -0.1) is 10.2 Å². The summed E-state index contributed by atoms with van der Waals surface area (Å²) in [5.74, 6) is 1.52. The Bertz CT molecular complexity index is 728. The van der Waals surface area contributed by atoms with Crippen molar-refractivity contribution in [1.29, 1.82) is 0 Å². The van der Waals surface area contributed by atoms with E-state index in [1.165, 1.54) is 0 Å². The summed E-state index contributed by atoms with van der Waals surface area (Å²) in [6, 6.07) is 7.71. The Morgan fingerprint density at radius 1 is 1.24 bits per heavy atom.